The molecule has 0 aromatic heterocycles. The quantitative estimate of drug-likeness (QED) is 0.450. The smallest absolute Gasteiger partial charge is 0.340 e. The lowest BCUT2D eigenvalue weighted by molar-refractivity contribution is 0.0527. The van der Waals surface area contributed by atoms with Gasteiger partial charge in [0, 0.05) is 19.7 Å². The number of anilines is 2. The number of likely N-dealkylation sites (N-methyl/N-ethyl adjacent to an activating group) is 1. The lowest BCUT2D eigenvalue weighted by atomic mass is 10.1. The fourth-order valence-corrected chi connectivity index (χ4v) is 1.98. The molecule has 1 rings (SSSR count). The molecule has 112 valence electrons. The van der Waals surface area contributed by atoms with Crippen LogP contribution in [0.15, 0.2) is 18.2 Å². The third-order valence-corrected chi connectivity index (χ3v) is 3.01. The molecular formula is C15H24N2O3. The number of carbonyl (C=O) groups excluding carboxylic acids is 1. The number of rotatable bonds is 8. The van der Waals surface area contributed by atoms with E-state index in [9.17, 15) is 4.79 Å². The highest BCUT2D eigenvalue weighted by Crippen LogP contribution is 2.27. The number of para-hydroxylation sites is 1. The van der Waals surface area contributed by atoms with E-state index in [2.05, 4.69) is 4.90 Å². The summed E-state index contributed by atoms with van der Waals surface area (Å²) in [5, 5.41) is 0. The number of ether oxygens (including phenoxy) is 2. The summed E-state index contributed by atoms with van der Waals surface area (Å²) in [5.74, 6) is -0.382. The third kappa shape index (κ3) is 4.13. The highest BCUT2D eigenvalue weighted by atomic mass is 16.5. The summed E-state index contributed by atoms with van der Waals surface area (Å²) >= 11 is 0. The molecule has 0 bridgehead atoms. The summed E-state index contributed by atoms with van der Waals surface area (Å²) in [7, 11) is 0. The van der Waals surface area contributed by atoms with E-state index in [1.54, 1.807) is 13.0 Å². The van der Waals surface area contributed by atoms with E-state index in [0.29, 0.717) is 31.1 Å². The predicted molar refractivity (Wildman–Crippen MR) is 81.2 cm³/mol. The number of nitrogens with two attached hydrogens (primary N) is 1. The average molecular weight is 280 g/mol. The standard InChI is InChI=1S/C15H24N2O3/c1-4-17(10-11-19-5-2)13-9-7-8-12(14(13)16)15(18)20-6-3/h7-9H,4-6,10-11,16H2,1-3H3. The summed E-state index contributed by atoms with van der Waals surface area (Å²) in [5.41, 5.74) is 7.84. The Morgan fingerprint density at radius 3 is 2.60 bits per heavy atom. The predicted octanol–water partition coefficient (Wildman–Crippen LogP) is 2.31. The van der Waals surface area contributed by atoms with Crippen molar-refractivity contribution >= 4 is 17.3 Å². The zero-order valence-corrected chi connectivity index (χ0v) is 12.5. The highest BCUT2D eigenvalue weighted by molar-refractivity contribution is 5.98. The van der Waals surface area contributed by atoms with Gasteiger partial charge in [0.05, 0.1) is 30.2 Å². The molecule has 0 amide bonds. The average Bonchev–Trinajstić information content (AvgIpc) is 2.45. The van der Waals surface area contributed by atoms with Crippen LogP contribution in [0.1, 0.15) is 31.1 Å². The summed E-state index contributed by atoms with van der Waals surface area (Å²) < 4.78 is 10.4. The monoisotopic (exact) mass is 280 g/mol. The van der Waals surface area contributed by atoms with Crippen LogP contribution < -0.4 is 10.6 Å². The van der Waals surface area contributed by atoms with Crippen molar-refractivity contribution in [2.75, 3.05) is 43.5 Å². The Labute approximate surface area is 120 Å². The van der Waals surface area contributed by atoms with Crippen LogP contribution in [0.4, 0.5) is 11.4 Å². The molecule has 0 unspecified atom stereocenters. The Kier molecular flexibility index (Phi) is 6.87. The molecule has 1 aromatic rings. The van der Waals surface area contributed by atoms with Crippen LogP contribution in [0.2, 0.25) is 0 Å². The van der Waals surface area contributed by atoms with Gasteiger partial charge in [-0.2, -0.15) is 0 Å². The molecule has 5 heteroatoms. The molecule has 1 aromatic carbocycles. The van der Waals surface area contributed by atoms with Gasteiger partial charge in [0.1, 0.15) is 0 Å². The molecule has 2 N–H and O–H groups in total. The van der Waals surface area contributed by atoms with Crippen molar-refractivity contribution in [1.82, 2.24) is 0 Å². The first-order valence-electron chi connectivity index (χ1n) is 7.03. The van der Waals surface area contributed by atoms with Crippen LogP contribution in [0.5, 0.6) is 0 Å². The van der Waals surface area contributed by atoms with E-state index < -0.39 is 0 Å². The van der Waals surface area contributed by atoms with Gasteiger partial charge in [0.2, 0.25) is 0 Å². The molecule has 0 aliphatic rings. The molecule has 0 saturated heterocycles. The second-order valence-corrected chi connectivity index (χ2v) is 4.24. The van der Waals surface area contributed by atoms with Gasteiger partial charge in [0.15, 0.2) is 0 Å². The van der Waals surface area contributed by atoms with E-state index in [1.165, 1.54) is 0 Å². The van der Waals surface area contributed by atoms with Crippen LogP contribution >= 0.6 is 0 Å². The number of carbonyl (C=O) groups is 1. The normalized spacial score (nSPS) is 10.3. The summed E-state index contributed by atoms with van der Waals surface area (Å²) in [6, 6.07) is 5.42. The van der Waals surface area contributed by atoms with E-state index in [1.807, 2.05) is 26.0 Å². The zero-order valence-electron chi connectivity index (χ0n) is 12.5. The first kappa shape index (κ1) is 16.3. The Bertz CT molecular complexity index is 435. The maximum atomic E-state index is 11.8. The third-order valence-electron chi connectivity index (χ3n) is 3.01. The van der Waals surface area contributed by atoms with Gasteiger partial charge in [0.25, 0.3) is 0 Å². The van der Waals surface area contributed by atoms with Gasteiger partial charge in [-0.1, -0.05) is 6.07 Å². The first-order chi connectivity index (χ1) is 9.65. The lowest BCUT2D eigenvalue weighted by Crippen LogP contribution is -2.28. The summed E-state index contributed by atoms with van der Waals surface area (Å²) in [6.07, 6.45) is 0. The molecule has 0 heterocycles. The number of hydrogen-bond acceptors (Lipinski definition) is 5. The number of benzene rings is 1. The van der Waals surface area contributed by atoms with Gasteiger partial charge in [-0.05, 0) is 32.9 Å². The second kappa shape index (κ2) is 8.43. The van der Waals surface area contributed by atoms with Crippen molar-refractivity contribution in [3.63, 3.8) is 0 Å². The number of nitrogen functional groups attached to an aromatic ring is 1. The topological polar surface area (TPSA) is 64.8 Å². The van der Waals surface area contributed by atoms with Crippen LogP contribution in [-0.2, 0) is 9.47 Å². The fraction of sp³-hybridized carbons (Fsp3) is 0.533. The minimum Gasteiger partial charge on any atom is -0.462 e. The largest absolute Gasteiger partial charge is 0.462 e. The van der Waals surface area contributed by atoms with Crippen LogP contribution in [0, 0.1) is 0 Å². The number of esters is 1. The van der Waals surface area contributed by atoms with Crippen LogP contribution in [0.3, 0.4) is 0 Å². The molecule has 0 saturated carbocycles. The molecule has 20 heavy (non-hydrogen) atoms. The van der Waals surface area contributed by atoms with Gasteiger partial charge in [-0.3, -0.25) is 0 Å². The first-order valence-corrected chi connectivity index (χ1v) is 7.03. The molecule has 0 spiro atoms. The summed E-state index contributed by atoms with van der Waals surface area (Å²) in [4.78, 5) is 13.9. The van der Waals surface area contributed by atoms with E-state index in [0.717, 1.165) is 18.8 Å². The maximum absolute atomic E-state index is 11.8. The Balaban J connectivity index is 2.93. The molecular weight excluding hydrogens is 256 g/mol. The van der Waals surface area contributed by atoms with Gasteiger partial charge < -0.3 is 20.1 Å². The number of nitrogens with zero attached hydrogens (tertiary/aromatic N) is 1. The van der Waals surface area contributed by atoms with Crippen molar-refractivity contribution in [2.45, 2.75) is 20.8 Å². The van der Waals surface area contributed by atoms with E-state index >= 15 is 0 Å². The number of hydrogen-bond donors (Lipinski definition) is 1. The maximum Gasteiger partial charge on any atom is 0.340 e. The highest BCUT2D eigenvalue weighted by Gasteiger charge is 2.16. The van der Waals surface area contributed by atoms with Crippen LogP contribution in [-0.4, -0.2) is 38.9 Å². The minimum absolute atomic E-state index is 0.338. The molecule has 0 atom stereocenters. The van der Waals surface area contributed by atoms with Crippen molar-refractivity contribution in [2.24, 2.45) is 0 Å². The molecule has 0 radical (unpaired) electrons. The van der Waals surface area contributed by atoms with Gasteiger partial charge in [-0.15, -0.1) is 0 Å². The molecule has 0 fully saturated rings. The minimum atomic E-state index is -0.382. The fourth-order valence-electron chi connectivity index (χ4n) is 1.98. The lowest BCUT2D eigenvalue weighted by Gasteiger charge is -2.25. The van der Waals surface area contributed by atoms with E-state index in [4.69, 9.17) is 15.2 Å². The summed E-state index contributed by atoms with van der Waals surface area (Å²) in [6.45, 7) is 8.98. The van der Waals surface area contributed by atoms with Crippen molar-refractivity contribution in [1.29, 1.82) is 0 Å². The van der Waals surface area contributed by atoms with E-state index in [-0.39, 0.29) is 5.97 Å². The van der Waals surface area contributed by atoms with Gasteiger partial charge >= 0.3 is 5.97 Å². The SMILES string of the molecule is CCOCCN(CC)c1cccc(C(=O)OCC)c1N. The Hall–Kier alpha value is -1.75. The van der Waals surface area contributed by atoms with Gasteiger partial charge in [-0.25, -0.2) is 4.79 Å². The molecule has 0 aliphatic heterocycles. The van der Waals surface area contributed by atoms with Crippen LogP contribution in [0.25, 0.3) is 0 Å². The van der Waals surface area contributed by atoms with Crippen molar-refractivity contribution < 1.29 is 14.3 Å². The molecule has 5 nitrogen and oxygen atoms in total. The van der Waals surface area contributed by atoms with Crippen molar-refractivity contribution in [3.05, 3.63) is 23.8 Å². The molecule has 0 aliphatic carbocycles. The second-order valence-electron chi connectivity index (χ2n) is 4.24. The Morgan fingerprint density at radius 2 is 2.00 bits per heavy atom. The van der Waals surface area contributed by atoms with Crippen molar-refractivity contribution in [3.8, 4) is 0 Å². The zero-order chi connectivity index (χ0) is 15.0. The Morgan fingerprint density at radius 1 is 1.25 bits per heavy atom.